The van der Waals surface area contributed by atoms with Gasteiger partial charge in [-0.25, -0.2) is 0 Å². The molecule has 19 heavy (non-hydrogen) atoms. The Hall–Kier alpha value is -0.580. The lowest BCUT2D eigenvalue weighted by atomic mass is 10.1. The number of phenols is 1. The zero-order valence-electron chi connectivity index (χ0n) is 11.1. The third-order valence-corrected chi connectivity index (χ3v) is 4.84. The molecule has 1 aliphatic heterocycles. The van der Waals surface area contributed by atoms with Gasteiger partial charge in [0.2, 0.25) is 0 Å². The van der Waals surface area contributed by atoms with Crippen molar-refractivity contribution in [1.82, 2.24) is 10.2 Å². The number of nitrogens with one attached hydrogen (secondary N) is 1. The van der Waals surface area contributed by atoms with Crippen molar-refractivity contribution in [1.29, 1.82) is 0 Å². The lowest BCUT2D eigenvalue weighted by Crippen LogP contribution is -2.27. The lowest BCUT2D eigenvalue weighted by Gasteiger charge is -2.15. The summed E-state index contributed by atoms with van der Waals surface area (Å²) < 4.78 is 0.771. The van der Waals surface area contributed by atoms with Gasteiger partial charge in [0.15, 0.2) is 0 Å². The fraction of sp³-hybridized carbons (Fsp3) is 0.600. The lowest BCUT2D eigenvalue weighted by molar-refractivity contribution is 0.311. The molecule has 0 spiro atoms. The third kappa shape index (κ3) is 3.30. The monoisotopic (exact) mass is 324 g/mol. The maximum absolute atomic E-state index is 9.92. The molecule has 2 aliphatic rings. The molecule has 0 bridgehead atoms. The number of benzene rings is 1. The summed E-state index contributed by atoms with van der Waals surface area (Å²) in [6.07, 6.45) is 4.13. The molecule has 1 aromatic rings. The van der Waals surface area contributed by atoms with Crippen molar-refractivity contribution in [3.63, 3.8) is 0 Å². The summed E-state index contributed by atoms with van der Waals surface area (Å²) in [5.74, 6) is 1.14. The van der Waals surface area contributed by atoms with E-state index in [0.717, 1.165) is 35.1 Å². The molecule has 1 aliphatic carbocycles. The van der Waals surface area contributed by atoms with Crippen LogP contribution in [-0.2, 0) is 6.54 Å². The number of hydrogen-bond acceptors (Lipinski definition) is 3. The van der Waals surface area contributed by atoms with Gasteiger partial charge in [0.05, 0.1) is 4.47 Å². The van der Waals surface area contributed by atoms with Crippen LogP contribution in [0.3, 0.4) is 0 Å². The van der Waals surface area contributed by atoms with Gasteiger partial charge in [0, 0.05) is 24.7 Å². The van der Waals surface area contributed by atoms with Gasteiger partial charge in [-0.05, 0) is 60.3 Å². The van der Waals surface area contributed by atoms with E-state index in [0.29, 0.717) is 5.75 Å². The van der Waals surface area contributed by atoms with Crippen molar-refractivity contribution in [2.45, 2.75) is 31.8 Å². The van der Waals surface area contributed by atoms with Crippen LogP contribution in [0.5, 0.6) is 5.75 Å². The van der Waals surface area contributed by atoms with Gasteiger partial charge in [0.25, 0.3) is 0 Å². The van der Waals surface area contributed by atoms with Crippen molar-refractivity contribution < 1.29 is 5.11 Å². The summed E-state index contributed by atoms with van der Waals surface area (Å²) in [6.45, 7) is 4.32. The highest BCUT2D eigenvalue weighted by molar-refractivity contribution is 9.10. The summed E-state index contributed by atoms with van der Waals surface area (Å²) in [5.41, 5.74) is 0.964. The molecule has 0 amide bonds. The van der Waals surface area contributed by atoms with Gasteiger partial charge in [0.1, 0.15) is 5.75 Å². The highest BCUT2D eigenvalue weighted by Crippen LogP contribution is 2.31. The standard InChI is InChI=1S/C15H21BrN2O/c16-14-3-1-2-12(15(14)19)9-17-8-11-6-7-18(10-11)13-4-5-13/h1-3,11,13,17,19H,4-10H2. The molecular weight excluding hydrogens is 304 g/mol. The molecule has 0 radical (unpaired) electrons. The van der Waals surface area contributed by atoms with E-state index in [4.69, 9.17) is 0 Å². The van der Waals surface area contributed by atoms with Gasteiger partial charge < -0.3 is 15.3 Å². The minimum atomic E-state index is 0.362. The first-order valence-corrected chi connectivity index (χ1v) is 7.94. The number of halogens is 1. The molecular formula is C15H21BrN2O. The Kier molecular flexibility index (Phi) is 4.10. The van der Waals surface area contributed by atoms with Gasteiger partial charge in [-0.1, -0.05) is 12.1 Å². The van der Waals surface area contributed by atoms with Crippen LogP contribution in [0.1, 0.15) is 24.8 Å². The molecule has 2 N–H and O–H groups in total. The summed E-state index contributed by atoms with van der Waals surface area (Å²) in [4.78, 5) is 2.64. The number of hydrogen-bond donors (Lipinski definition) is 2. The van der Waals surface area contributed by atoms with Crippen molar-refractivity contribution in [3.8, 4) is 5.75 Å². The molecule has 2 fully saturated rings. The number of phenolic OH excluding ortho intramolecular Hbond substituents is 1. The third-order valence-electron chi connectivity index (χ3n) is 4.20. The SMILES string of the molecule is Oc1c(Br)cccc1CNCC1CCN(C2CC2)C1. The first-order valence-electron chi connectivity index (χ1n) is 7.15. The number of aromatic hydroxyl groups is 1. The fourth-order valence-corrected chi connectivity index (χ4v) is 3.32. The number of rotatable bonds is 5. The maximum atomic E-state index is 9.92. The number of likely N-dealkylation sites (tertiary alicyclic amines) is 1. The van der Waals surface area contributed by atoms with E-state index in [9.17, 15) is 5.11 Å². The molecule has 1 unspecified atom stereocenters. The van der Waals surface area contributed by atoms with Crippen molar-refractivity contribution in [3.05, 3.63) is 28.2 Å². The highest BCUT2D eigenvalue weighted by Gasteiger charge is 2.33. The Morgan fingerprint density at radius 2 is 2.16 bits per heavy atom. The fourth-order valence-electron chi connectivity index (χ4n) is 2.91. The van der Waals surface area contributed by atoms with Crippen molar-refractivity contribution in [2.75, 3.05) is 19.6 Å². The first kappa shape index (κ1) is 13.4. The zero-order chi connectivity index (χ0) is 13.2. The molecule has 1 saturated carbocycles. The second-order valence-electron chi connectivity index (χ2n) is 5.76. The molecule has 104 valence electrons. The van der Waals surface area contributed by atoms with E-state index in [-0.39, 0.29) is 0 Å². The first-order chi connectivity index (χ1) is 9.24. The molecule has 3 rings (SSSR count). The summed E-state index contributed by atoms with van der Waals surface area (Å²) in [5, 5.41) is 13.4. The van der Waals surface area contributed by atoms with Gasteiger partial charge in [-0.15, -0.1) is 0 Å². The Morgan fingerprint density at radius 3 is 2.95 bits per heavy atom. The molecule has 1 atom stereocenters. The van der Waals surface area contributed by atoms with Crippen LogP contribution in [0.2, 0.25) is 0 Å². The Morgan fingerprint density at radius 1 is 1.32 bits per heavy atom. The summed E-state index contributed by atoms with van der Waals surface area (Å²) in [6, 6.07) is 6.70. The number of para-hydroxylation sites is 1. The number of nitrogens with zero attached hydrogens (tertiary/aromatic N) is 1. The average molecular weight is 325 g/mol. The quantitative estimate of drug-likeness (QED) is 0.874. The van der Waals surface area contributed by atoms with E-state index in [1.54, 1.807) is 0 Å². The van der Waals surface area contributed by atoms with Crippen LogP contribution in [0.15, 0.2) is 22.7 Å². The molecule has 1 saturated heterocycles. The summed E-state index contributed by atoms with van der Waals surface area (Å²) in [7, 11) is 0. The topological polar surface area (TPSA) is 35.5 Å². The highest BCUT2D eigenvalue weighted by atomic mass is 79.9. The van der Waals surface area contributed by atoms with E-state index in [2.05, 4.69) is 26.1 Å². The molecule has 1 aromatic carbocycles. The smallest absolute Gasteiger partial charge is 0.134 e. The average Bonchev–Trinajstić information content (AvgIpc) is 3.15. The van der Waals surface area contributed by atoms with Gasteiger partial charge in [-0.3, -0.25) is 0 Å². The summed E-state index contributed by atoms with van der Waals surface area (Å²) >= 11 is 3.35. The van der Waals surface area contributed by atoms with Crippen LogP contribution in [0.25, 0.3) is 0 Å². The second kappa shape index (κ2) is 5.81. The maximum Gasteiger partial charge on any atom is 0.134 e. The van der Waals surface area contributed by atoms with Crippen molar-refractivity contribution in [2.24, 2.45) is 5.92 Å². The van der Waals surface area contributed by atoms with E-state index < -0.39 is 0 Å². The van der Waals surface area contributed by atoms with Crippen LogP contribution < -0.4 is 5.32 Å². The molecule has 0 aromatic heterocycles. The Balaban J connectivity index is 1.44. The van der Waals surface area contributed by atoms with E-state index in [1.165, 1.54) is 32.4 Å². The van der Waals surface area contributed by atoms with E-state index in [1.807, 2.05) is 18.2 Å². The second-order valence-corrected chi connectivity index (χ2v) is 6.61. The predicted octanol–water partition coefficient (Wildman–Crippen LogP) is 2.73. The van der Waals surface area contributed by atoms with Crippen LogP contribution >= 0.6 is 15.9 Å². The predicted molar refractivity (Wildman–Crippen MR) is 80.2 cm³/mol. The van der Waals surface area contributed by atoms with Crippen LogP contribution in [0, 0.1) is 5.92 Å². The van der Waals surface area contributed by atoms with Gasteiger partial charge >= 0.3 is 0 Å². The van der Waals surface area contributed by atoms with Crippen molar-refractivity contribution >= 4 is 15.9 Å². The Labute approximate surface area is 123 Å². The minimum Gasteiger partial charge on any atom is -0.506 e. The zero-order valence-corrected chi connectivity index (χ0v) is 12.7. The molecule has 1 heterocycles. The minimum absolute atomic E-state index is 0.362. The van der Waals surface area contributed by atoms with E-state index >= 15 is 0 Å². The normalized spacial score (nSPS) is 23.9. The Bertz CT molecular complexity index is 448. The van der Waals surface area contributed by atoms with Crippen LogP contribution in [0.4, 0.5) is 0 Å². The van der Waals surface area contributed by atoms with Crippen LogP contribution in [-0.4, -0.2) is 35.7 Å². The van der Waals surface area contributed by atoms with Gasteiger partial charge in [-0.2, -0.15) is 0 Å². The molecule has 4 heteroatoms. The molecule has 3 nitrogen and oxygen atoms in total. The largest absolute Gasteiger partial charge is 0.506 e.